The summed E-state index contributed by atoms with van der Waals surface area (Å²) in [5.41, 5.74) is 3.47. The predicted molar refractivity (Wildman–Crippen MR) is 106 cm³/mol. The Balaban J connectivity index is 1.53. The first-order valence-electron chi connectivity index (χ1n) is 8.94. The van der Waals surface area contributed by atoms with E-state index < -0.39 is 6.04 Å². The molecule has 0 spiro atoms. The molecule has 2 aromatic carbocycles. The minimum atomic E-state index is -0.674. The van der Waals surface area contributed by atoms with Gasteiger partial charge < -0.3 is 15.4 Å². The van der Waals surface area contributed by atoms with E-state index in [1.807, 2.05) is 55.5 Å². The van der Waals surface area contributed by atoms with Gasteiger partial charge in [0.1, 0.15) is 17.6 Å². The average Bonchev–Trinajstić information content (AvgIpc) is 3.21. The van der Waals surface area contributed by atoms with Gasteiger partial charge in [0.25, 0.3) is 5.91 Å². The molecule has 0 saturated carbocycles. The maximum atomic E-state index is 12.4. The van der Waals surface area contributed by atoms with Gasteiger partial charge in [-0.3, -0.25) is 9.59 Å². The van der Waals surface area contributed by atoms with Gasteiger partial charge >= 0.3 is 0 Å². The molecule has 1 unspecified atom stereocenters. The monoisotopic (exact) mass is 376 g/mol. The molecule has 142 valence electrons. The number of rotatable bonds is 5. The smallest absolute Gasteiger partial charge is 0.251 e. The minimum absolute atomic E-state index is 0.0104. The molecule has 4 rings (SSSR count). The number of aryl methyl sites for hydroxylation is 1. The van der Waals surface area contributed by atoms with E-state index >= 15 is 0 Å². The molecule has 1 aromatic heterocycles. The lowest BCUT2D eigenvalue weighted by molar-refractivity contribution is -0.123. The first kappa shape index (κ1) is 17.8. The summed E-state index contributed by atoms with van der Waals surface area (Å²) in [6.45, 7) is 1.96. The number of amides is 2. The fraction of sp³-hybridized carbons (Fsp3) is 0.190. The average molecular weight is 376 g/mol. The molecule has 1 aliphatic heterocycles. The Labute approximate surface area is 162 Å². The number of hydrogen-bond donors (Lipinski definition) is 2. The van der Waals surface area contributed by atoms with Crippen LogP contribution in [0.1, 0.15) is 18.0 Å². The number of aromatic nitrogens is 2. The number of nitrogens with zero attached hydrogens (tertiary/aromatic N) is 2. The van der Waals surface area contributed by atoms with Crippen molar-refractivity contribution < 1.29 is 14.3 Å². The standard InChI is InChI=1S/C21H20N4O3/c1-13-4-3-5-15(10-13)23-19(26)11-18-21(27)24-20-17(12-22-25(18)20)14-6-8-16(28-2)9-7-14/h3-10,12,18H,11H2,1-2H3,(H,23,26)(H,24,27). The molecule has 0 aliphatic carbocycles. The molecule has 7 nitrogen and oxygen atoms in total. The zero-order valence-electron chi connectivity index (χ0n) is 15.6. The highest BCUT2D eigenvalue weighted by atomic mass is 16.5. The number of ether oxygens (including phenoxy) is 1. The molecule has 2 heterocycles. The van der Waals surface area contributed by atoms with Crippen LogP contribution in [0, 0.1) is 6.92 Å². The summed E-state index contributed by atoms with van der Waals surface area (Å²) < 4.78 is 6.76. The number of hydrogen-bond acceptors (Lipinski definition) is 4. The Kier molecular flexibility index (Phi) is 4.57. The summed E-state index contributed by atoms with van der Waals surface area (Å²) in [4.78, 5) is 24.9. The van der Waals surface area contributed by atoms with Crippen LogP contribution in [0.25, 0.3) is 11.1 Å². The van der Waals surface area contributed by atoms with E-state index in [2.05, 4.69) is 15.7 Å². The van der Waals surface area contributed by atoms with Crippen molar-refractivity contribution >= 4 is 23.3 Å². The summed E-state index contributed by atoms with van der Waals surface area (Å²) in [5, 5.41) is 10.0. The largest absolute Gasteiger partial charge is 0.497 e. The topological polar surface area (TPSA) is 85.2 Å². The highest BCUT2D eigenvalue weighted by Crippen LogP contribution is 2.36. The van der Waals surface area contributed by atoms with E-state index in [9.17, 15) is 9.59 Å². The van der Waals surface area contributed by atoms with E-state index in [0.717, 1.165) is 22.4 Å². The van der Waals surface area contributed by atoms with Crippen molar-refractivity contribution in [3.63, 3.8) is 0 Å². The lowest BCUT2D eigenvalue weighted by Gasteiger charge is -2.10. The van der Waals surface area contributed by atoms with E-state index in [1.54, 1.807) is 18.0 Å². The van der Waals surface area contributed by atoms with Gasteiger partial charge in [0.05, 0.1) is 19.7 Å². The van der Waals surface area contributed by atoms with Gasteiger partial charge in [-0.1, -0.05) is 24.3 Å². The number of carbonyl (C=O) groups excluding carboxylic acids is 2. The maximum Gasteiger partial charge on any atom is 0.251 e. The van der Waals surface area contributed by atoms with Crippen molar-refractivity contribution in [2.24, 2.45) is 0 Å². The molecule has 1 aliphatic rings. The van der Waals surface area contributed by atoms with Crippen LogP contribution in [0.5, 0.6) is 5.75 Å². The van der Waals surface area contributed by atoms with Crippen LogP contribution >= 0.6 is 0 Å². The number of methoxy groups -OCH3 is 1. The van der Waals surface area contributed by atoms with Gasteiger partial charge in [0.15, 0.2) is 0 Å². The first-order chi connectivity index (χ1) is 13.5. The molecule has 28 heavy (non-hydrogen) atoms. The number of carbonyl (C=O) groups is 2. The number of fused-ring (bicyclic) bond motifs is 1. The summed E-state index contributed by atoms with van der Waals surface area (Å²) in [5.74, 6) is 0.878. The number of anilines is 2. The van der Waals surface area contributed by atoms with Gasteiger partial charge in [-0.15, -0.1) is 0 Å². The molecule has 7 heteroatoms. The predicted octanol–water partition coefficient (Wildman–Crippen LogP) is 3.39. The summed E-state index contributed by atoms with van der Waals surface area (Å²) in [6, 6.07) is 14.4. The van der Waals surface area contributed by atoms with Crippen LogP contribution in [0.2, 0.25) is 0 Å². The molecule has 2 amide bonds. The van der Waals surface area contributed by atoms with Gasteiger partial charge in [0, 0.05) is 11.3 Å². The van der Waals surface area contributed by atoms with Crippen LogP contribution in [-0.2, 0) is 9.59 Å². The zero-order valence-corrected chi connectivity index (χ0v) is 15.6. The second kappa shape index (κ2) is 7.19. The highest BCUT2D eigenvalue weighted by Gasteiger charge is 2.35. The van der Waals surface area contributed by atoms with E-state index in [-0.39, 0.29) is 18.2 Å². The van der Waals surface area contributed by atoms with Crippen molar-refractivity contribution in [3.05, 3.63) is 60.3 Å². The fourth-order valence-corrected chi connectivity index (χ4v) is 3.31. The Morgan fingerprint density at radius 3 is 2.75 bits per heavy atom. The zero-order chi connectivity index (χ0) is 19.7. The Hall–Kier alpha value is -3.61. The van der Waals surface area contributed by atoms with Crippen LogP contribution in [0.4, 0.5) is 11.5 Å². The summed E-state index contributed by atoms with van der Waals surface area (Å²) in [7, 11) is 1.61. The fourth-order valence-electron chi connectivity index (χ4n) is 3.31. The minimum Gasteiger partial charge on any atom is -0.497 e. The molecule has 0 radical (unpaired) electrons. The van der Waals surface area contributed by atoms with Gasteiger partial charge in [-0.05, 0) is 42.3 Å². The van der Waals surface area contributed by atoms with Crippen LogP contribution in [-0.4, -0.2) is 28.7 Å². The second-order valence-corrected chi connectivity index (χ2v) is 6.71. The quantitative estimate of drug-likeness (QED) is 0.715. The molecule has 0 fully saturated rings. The van der Waals surface area contributed by atoms with E-state index in [4.69, 9.17) is 4.74 Å². The molecular weight excluding hydrogens is 356 g/mol. The third-order valence-corrected chi connectivity index (χ3v) is 4.72. The van der Waals surface area contributed by atoms with Crippen LogP contribution in [0.3, 0.4) is 0 Å². The normalized spacial score (nSPS) is 15.1. The third-order valence-electron chi connectivity index (χ3n) is 4.72. The maximum absolute atomic E-state index is 12.4. The highest BCUT2D eigenvalue weighted by molar-refractivity contribution is 6.04. The summed E-state index contributed by atoms with van der Waals surface area (Å²) in [6.07, 6.45) is 1.71. The lowest BCUT2D eigenvalue weighted by atomic mass is 10.1. The second-order valence-electron chi connectivity index (χ2n) is 6.71. The molecule has 2 N–H and O–H groups in total. The molecule has 0 saturated heterocycles. The van der Waals surface area contributed by atoms with Crippen molar-refractivity contribution in [2.75, 3.05) is 17.7 Å². The van der Waals surface area contributed by atoms with Crippen LogP contribution < -0.4 is 15.4 Å². The first-order valence-corrected chi connectivity index (χ1v) is 8.94. The molecular formula is C21H20N4O3. The van der Waals surface area contributed by atoms with Crippen molar-refractivity contribution in [1.29, 1.82) is 0 Å². The Morgan fingerprint density at radius 1 is 1.25 bits per heavy atom. The molecule has 3 aromatic rings. The van der Waals surface area contributed by atoms with Gasteiger partial charge in [-0.2, -0.15) is 5.10 Å². The molecule has 1 atom stereocenters. The summed E-state index contributed by atoms with van der Waals surface area (Å²) >= 11 is 0. The third kappa shape index (κ3) is 3.34. The SMILES string of the molecule is COc1ccc(-c2cnn3c2NC(=O)C3CC(=O)Nc2cccc(C)c2)cc1. The van der Waals surface area contributed by atoms with E-state index in [1.165, 1.54) is 0 Å². The van der Waals surface area contributed by atoms with Crippen molar-refractivity contribution in [1.82, 2.24) is 9.78 Å². The van der Waals surface area contributed by atoms with Crippen molar-refractivity contribution in [2.45, 2.75) is 19.4 Å². The Bertz CT molecular complexity index is 1040. The van der Waals surface area contributed by atoms with E-state index in [0.29, 0.717) is 11.5 Å². The van der Waals surface area contributed by atoms with Gasteiger partial charge in [-0.25, -0.2) is 4.68 Å². The number of nitrogens with one attached hydrogen (secondary N) is 2. The van der Waals surface area contributed by atoms with Gasteiger partial charge in [0.2, 0.25) is 5.91 Å². The van der Waals surface area contributed by atoms with Crippen molar-refractivity contribution in [3.8, 4) is 16.9 Å². The van der Waals surface area contributed by atoms with Crippen LogP contribution in [0.15, 0.2) is 54.7 Å². The lowest BCUT2D eigenvalue weighted by Crippen LogP contribution is -2.23. The molecule has 0 bridgehead atoms. The number of benzene rings is 2. The Morgan fingerprint density at radius 2 is 2.04 bits per heavy atom.